The molecule has 0 spiro atoms. The van der Waals surface area contributed by atoms with Gasteiger partial charge in [-0.2, -0.15) is 28.6 Å². The van der Waals surface area contributed by atoms with Crippen molar-refractivity contribution < 1.29 is 22.7 Å². The number of carbonyl (C=O) groups is 1. The molecule has 33 heavy (non-hydrogen) atoms. The molecule has 0 N–H and O–H groups in total. The predicted molar refractivity (Wildman–Crippen MR) is 121 cm³/mol. The van der Waals surface area contributed by atoms with Crippen molar-refractivity contribution in [1.82, 2.24) is 19.6 Å². The molecule has 12 heteroatoms. The van der Waals surface area contributed by atoms with E-state index < -0.39 is 35.4 Å². The number of rotatable bonds is 7. The van der Waals surface area contributed by atoms with E-state index >= 15 is 0 Å². The molecule has 0 amide bonds. The lowest BCUT2D eigenvalue weighted by molar-refractivity contribution is -0.142. The highest BCUT2D eigenvalue weighted by Gasteiger charge is 2.41. The van der Waals surface area contributed by atoms with Crippen molar-refractivity contribution in [2.45, 2.75) is 58.5 Å². The summed E-state index contributed by atoms with van der Waals surface area (Å²) in [6.07, 6.45) is -1.99. The summed E-state index contributed by atoms with van der Waals surface area (Å²) in [6.45, 7) is 6.98. The first-order valence-corrected chi connectivity index (χ1v) is 11.2. The van der Waals surface area contributed by atoms with Crippen LogP contribution in [0.5, 0.6) is 0 Å². The number of allylic oxidation sites excluding steroid dienone is 1. The molecule has 0 bridgehead atoms. The average Bonchev–Trinajstić information content (AvgIpc) is 3.23. The Morgan fingerprint density at radius 2 is 1.91 bits per heavy atom. The Kier molecular flexibility index (Phi) is 8.41. The van der Waals surface area contributed by atoms with Crippen molar-refractivity contribution in [3.8, 4) is 6.07 Å². The normalized spacial score (nSPS) is 13.0. The van der Waals surface area contributed by atoms with Gasteiger partial charge in [0.15, 0.2) is 5.69 Å². The van der Waals surface area contributed by atoms with Gasteiger partial charge in [-0.3, -0.25) is 9.48 Å². The average molecular weight is 551 g/mol. The van der Waals surface area contributed by atoms with Crippen LogP contribution in [0.15, 0.2) is 10.7 Å². The summed E-state index contributed by atoms with van der Waals surface area (Å²) in [5.74, 6) is -0.600. The van der Waals surface area contributed by atoms with Crippen LogP contribution in [0.1, 0.15) is 63.9 Å². The highest BCUT2D eigenvalue weighted by molar-refractivity contribution is 9.10. The molecule has 7 nitrogen and oxygen atoms in total. The molecule has 0 saturated heterocycles. The lowest BCUT2D eigenvalue weighted by Gasteiger charge is -2.16. The zero-order valence-corrected chi connectivity index (χ0v) is 21.2. The summed E-state index contributed by atoms with van der Waals surface area (Å²) < 4.78 is 49.2. The van der Waals surface area contributed by atoms with E-state index in [0.717, 1.165) is 15.8 Å². The van der Waals surface area contributed by atoms with Crippen LogP contribution in [0.25, 0.3) is 11.3 Å². The van der Waals surface area contributed by atoms with E-state index in [4.69, 9.17) is 16.3 Å². The molecule has 2 rings (SSSR count). The third-order valence-corrected chi connectivity index (χ3v) is 5.67. The fourth-order valence-corrected chi connectivity index (χ4v) is 4.12. The fourth-order valence-electron chi connectivity index (χ4n) is 3.01. The van der Waals surface area contributed by atoms with Crippen LogP contribution >= 0.6 is 27.5 Å². The molecular weight excluding hydrogens is 527 g/mol. The number of nitrogens with zero attached hydrogens (tertiary/aromatic N) is 5. The second kappa shape index (κ2) is 10.3. The van der Waals surface area contributed by atoms with Gasteiger partial charge in [-0.15, -0.1) is 0 Å². The van der Waals surface area contributed by atoms with Crippen LogP contribution in [0.3, 0.4) is 0 Å². The molecular formula is C21H24BrClF3N5O2. The first kappa shape index (κ1) is 26.9. The molecule has 180 valence electrons. The van der Waals surface area contributed by atoms with Gasteiger partial charge in [-0.05, 0) is 22.4 Å². The molecule has 0 radical (unpaired) electrons. The first-order valence-electron chi connectivity index (χ1n) is 10.1. The largest absolute Gasteiger partial charge is 0.461 e. The number of ether oxygens (including phenoxy) is 1. The van der Waals surface area contributed by atoms with E-state index in [-0.39, 0.29) is 22.8 Å². The zero-order valence-electron chi connectivity index (χ0n) is 18.8. The Labute approximate surface area is 203 Å². The van der Waals surface area contributed by atoms with E-state index in [1.54, 1.807) is 0 Å². The maximum atomic E-state index is 13.8. The third kappa shape index (κ3) is 6.18. The van der Waals surface area contributed by atoms with Crippen molar-refractivity contribution in [2.75, 3.05) is 6.61 Å². The summed E-state index contributed by atoms with van der Waals surface area (Å²) >= 11 is 9.58. The van der Waals surface area contributed by atoms with E-state index in [1.807, 2.05) is 33.8 Å². The van der Waals surface area contributed by atoms with Gasteiger partial charge in [0, 0.05) is 30.7 Å². The number of nitriles is 1. The third-order valence-electron chi connectivity index (χ3n) is 4.66. The number of hydrogen-bond acceptors (Lipinski definition) is 5. The number of hydrogen-bond donors (Lipinski definition) is 0. The summed E-state index contributed by atoms with van der Waals surface area (Å²) in [5.41, 5.74) is -2.17. The number of carbonyl (C=O) groups excluding carboxylic acids is 1. The van der Waals surface area contributed by atoms with Gasteiger partial charge in [-0.25, -0.2) is 4.68 Å². The first-order chi connectivity index (χ1) is 15.2. The van der Waals surface area contributed by atoms with Crippen LogP contribution in [0.4, 0.5) is 13.2 Å². The molecule has 0 aromatic carbocycles. The van der Waals surface area contributed by atoms with Crippen LogP contribution in [0, 0.1) is 11.3 Å². The van der Waals surface area contributed by atoms with Crippen LogP contribution in [0.2, 0.25) is 5.15 Å². The number of alkyl halides is 3. The predicted octanol–water partition coefficient (Wildman–Crippen LogP) is 5.97. The van der Waals surface area contributed by atoms with Gasteiger partial charge >= 0.3 is 12.1 Å². The minimum atomic E-state index is -4.86. The standard InChI is InChI=1S/C21H24BrClF3N5O2/c1-6-7-8-15(32)33-11-12(16-18(21(24,25)26)28-30(5)19(16)23)14(9-27)31-10-13(22)17(29-31)20(2,3)4/h10H,6-8,11H2,1-5H3/b14-12+. The Balaban J connectivity index is 2.76. The maximum absolute atomic E-state index is 13.8. The highest BCUT2D eigenvalue weighted by atomic mass is 79.9. The Hall–Kier alpha value is -2.32. The van der Waals surface area contributed by atoms with Gasteiger partial charge in [0.25, 0.3) is 0 Å². The van der Waals surface area contributed by atoms with Crippen molar-refractivity contribution in [2.24, 2.45) is 7.05 Å². The molecule has 2 aromatic heterocycles. The minimum absolute atomic E-state index is 0.0973. The number of unbranched alkanes of at least 4 members (excludes halogenated alkanes) is 1. The molecule has 0 unspecified atom stereocenters. The van der Waals surface area contributed by atoms with Crippen LogP contribution in [-0.2, 0) is 28.2 Å². The Morgan fingerprint density at radius 3 is 2.39 bits per heavy atom. The monoisotopic (exact) mass is 549 g/mol. The lowest BCUT2D eigenvalue weighted by atomic mass is 9.93. The summed E-state index contributed by atoms with van der Waals surface area (Å²) in [4.78, 5) is 12.1. The summed E-state index contributed by atoms with van der Waals surface area (Å²) in [7, 11) is 1.25. The summed E-state index contributed by atoms with van der Waals surface area (Å²) in [6, 6.07) is 1.90. The Morgan fingerprint density at radius 1 is 1.27 bits per heavy atom. The zero-order chi connectivity index (χ0) is 25.1. The minimum Gasteiger partial charge on any atom is -0.461 e. The van der Waals surface area contributed by atoms with Crippen LogP contribution < -0.4 is 0 Å². The SMILES string of the molecule is CCCCC(=O)OC/C(=C(/C#N)n1cc(Br)c(C(C)(C)C)n1)c1c(C(F)(F)F)nn(C)c1Cl. The van der Waals surface area contributed by atoms with Crippen molar-refractivity contribution >= 4 is 44.8 Å². The van der Waals surface area contributed by atoms with Gasteiger partial charge in [0.05, 0.1) is 15.7 Å². The second-order valence-electron chi connectivity index (χ2n) is 8.36. The highest BCUT2D eigenvalue weighted by Crippen LogP contribution is 2.40. The molecule has 0 saturated carbocycles. The van der Waals surface area contributed by atoms with Gasteiger partial charge in [0.2, 0.25) is 0 Å². The number of aryl methyl sites for hydroxylation is 1. The smallest absolute Gasteiger partial charge is 0.435 e. The van der Waals surface area contributed by atoms with Gasteiger partial charge in [0.1, 0.15) is 23.5 Å². The van der Waals surface area contributed by atoms with Crippen molar-refractivity contribution in [3.63, 3.8) is 0 Å². The van der Waals surface area contributed by atoms with E-state index in [2.05, 4.69) is 26.1 Å². The van der Waals surface area contributed by atoms with Crippen LogP contribution in [-0.4, -0.2) is 32.1 Å². The molecule has 0 atom stereocenters. The number of esters is 1. The van der Waals surface area contributed by atoms with E-state index in [0.29, 0.717) is 16.6 Å². The lowest BCUT2D eigenvalue weighted by Crippen LogP contribution is -2.16. The quantitative estimate of drug-likeness (QED) is 0.313. The fraction of sp³-hybridized carbons (Fsp3) is 0.524. The molecule has 2 aromatic rings. The number of halogens is 5. The maximum Gasteiger partial charge on any atom is 0.435 e. The topological polar surface area (TPSA) is 85.7 Å². The molecule has 0 aliphatic rings. The van der Waals surface area contributed by atoms with Crippen molar-refractivity contribution in [3.05, 3.63) is 32.8 Å². The second-order valence-corrected chi connectivity index (χ2v) is 9.57. The molecule has 0 aliphatic heterocycles. The van der Waals surface area contributed by atoms with Gasteiger partial charge < -0.3 is 4.74 Å². The Bertz CT molecular complexity index is 1110. The molecule has 0 aliphatic carbocycles. The van der Waals surface area contributed by atoms with Gasteiger partial charge in [-0.1, -0.05) is 45.7 Å². The van der Waals surface area contributed by atoms with E-state index in [9.17, 15) is 23.2 Å². The van der Waals surface area contributed by atoms with E-state index in [1.165, 1.54) is 13.2 Å². The molecule has 2 heterocycles. The summed E-state index contributed by atoms with van der Waals surface area (Å²) in [5, 5.41) is 17.5. The molecule has 0 fully saturated rings. The van der Waals surface area contributed by atoms with Crippen molar-refractivity contribution in [1.29, 1.82) is 5.26 Å². The number of aromatic nitrogens is 4.